The third kappa shape index (κ3) is 17.5. The number of esters is 2. The molecule has 0 aliphatic rings. The quantitative estimate of drug-likeness (QED) is 0.156. The standard InChI is InChI=1S/C25H48O4/c1-5-20-28-24(26)19-17-15-13-11-9-7-8-10-12-14-16-18-23(22(3)4)25(27)29-21-6-2/h22-23H,5-21H2,1-4H3. The molecule has 0 aromatic heterocycles. The molecule has 0 aromatic rings. The third-order valence-electron chi connectivity index (χ3n) is 5.42. The van der Waals surface area contributed by atoms with Gasteiger partial charge in [-0.05, 0) is 31.6 Å². The van der Waals surface area contributed by atoms with E-state index < -0.39 is 0 Å². The first-order valence-corrected chi connectivity index (χ1v) is 12.3. The van der Waals surface area contributed by atoms with Gasteiger partial charge in [0, 0.05) is 6.42 Å². The summed E-state index contributed by atoms with van der Waals surface area (Å²) in [6, 6.07) is 0. The van der Waals surface area contributed by atoms with E-state index in [0.29, 0.717) is 25.6 Å². The van der Waals surface area contributed by atoms with Gasteiger partial charge in [-0.2, -0.15) is 0 Å². The van der Waals surface area contributed by atoms with Gasteiger partial charge in [0.05, 0.1) is 19.1 Å². The zero-order chi connectivity index (χ0) is 21.7. The minimum atomic E-state index is -0.0376. The molecule has 0 saturated heterocycles. The average molecular weight is 413 g/mol. The number of carbonyl (C=O) groups is 2. The molecule has 0 rings (SSSR count). The van der Waals surface area contributed by atoms with Crippen molar-refractivity contribution in [2.45, 2.75) is 124 Å². The van der Waals surface area contributed by atoms with Crippen LogP contribution < -0.4 is 0 Å². The van der Waals surface area contributed by atoms with Crippen molar-refractivity contribution < 1.29 is 19.1 Å². The minimum Gasteiger partial charge on any atom is -0.466 e. The van der Waals surface area contributed by atoms with E-state index >= 15 is 0 Å². The molecule has 0 radical (unpaired) electrons. The van der Waals surface area contributed by atoms with Gasteiger partial charge in [-0.15, -0.1) is 0 Å². The van der Waals surface area contributed by atoms with Crippen molar-refractivity contribution >= 4 is 11.9 Å². The Morgan fingerprint density at radius 3 is 1.59 bits per heavy atom. The van der Waals surface area contributed by atoms with E-state index in [-0.39, 0.29) is 17.9 Å². The molecule has 0 fully saturated rings. The van der Waals surface area contributed by atoms with Crippen molar-refractivity contribution in [3.63, 3.8) is 0 Å². The van der Waals surface area contributed by atoms with Crippen LogP contribution >= 0.6 is 0 Å². The maximum Gasteiger partial charge on any atom is 0.309 e. The van der Waals surface area contributed by atoms with Gasteiger partial charge in [0.2, 0.25) is 0 Å². The van der Waals surface area contributed by atoms with Crippen molar-refractivity contribution in [2.24, 2.45) is 11.8 Å². The fourth-order valence-corrected chi connectivity index (χ4v) is 3.55. The van der Waals surface area contributed by atoms with Crippen molar-refractivity contribution in [3.8, 4) is 0 Å². The predicted molar refractivity (Wildman–Crippen MR) is 121 cm³/mol. The largest absolute Gasteiger partial charge is 0.466 e. The van der Waals surface area contributed by atoms with E-state index in [1.54, 1.807) is 0 Å². The van der Waals surface area contributed by atoms with Crippen molar-refractivity contribution in [3.05, 3.63) is 0 Å². The second-order valence-electron chi connectivity index (χ2n) is 8.67. The highest BCUT2D eigenvalue weighted by Gasteiger charge is 2.22. The second kappa shape index (κ2) is 20.2. The number of carbonyl (C=O) groups excluding carboxylic acids is 2. The molecule has 0 aliphatic carbocycles. The molecular formula is C25H48O4. The summed E-state index contributed by atoms with van der Waals surface area (Å²) >= 11 is 0. The summed E-state index contributed by atoms with van der Waals surface area (Å²) < 4.78 is 10.4. The summed E-state index contributed by atoms with van der Waals surface area (Å²) in [6.07, 6.45) is 16.8. The summed E-state index contributed by atoms with van der Waals surface area (Å²) in [5.41, 5.74) is 0. The second-order valence-corrected chi connectivity index (χ2v) is 8.67. The van der Waals surface area contributed by atoms with Gasteiger partial charge in [0.1, 0.15) is 0 Å². The van der Waals surface area contributed by atoms with Crippen molar-refractivity contribution in [1.29, 1.82) is 0 Å². The molecule has 0 aromatic carbocycles. The first kappa shape index (κ1) is 27.9. The first-order valence-electron chi connectivity index (χ1n) is 12.3. The highest BCUT2D eigenvalue weighted by Crippen LogP contribution is 2.21. The molecule has 0 amide bonds. The van der Waals surface area contributed by atoms with Crippen LogP contribution in [0.2, 0.25) is 0 Å². The normalized spacial score (nSPS) is 12.2. The molecule has 0 bridgehead atoms. The fraction of sp³-hybridized carbons (Fsp3) is 0.920. The van der Waals surface area contributed by atoms with Crippen molar-refractivity contribution in [1.82, 2.24) is 0 Å². The molecular weight excluding hydrogens is 364 g/mol. The van der Waals surface area contributed by atoms with Crippen LogP contribution in [0.25, 0.3) is 0 Å². The maximum atomic E-state index is 12.1. The molecule has 4 heteroatoms. The fourth-order valence-electron chi connectivity index (χ4n) is 3.55. The third-order valence-corrected chi connectivity index (χ3v) is 5.42. The predicted octanol–water partition coefficient (Wildman–Crippen LogP) is 7.24. The SMILES string of the molecule is CCCOC(=O)CCCCCCCCCCCCCC(C(=O)OCCC)C(C)C. The number of hydrogen-bond acceptors (Lipinski definition) is 4. The van der Waals surface area contributed by atoms with Gasteiger partial charge in [0.15, 0.2) is 0 Å². The molecule has 0 spiro atoms. The highest BCUT2D eigenvalue weighted by atomic mass is 16.5. The number of rotatable bonds is 20. The zero-order valence-corrected chi connectivity index (χ0v) is 19.8. The van der Waals surface area contributed by atoms with Crippen LogP contribution in [0, 0.1) is 11.8 Å². The minimum absolute atomic E-state index is 0.000276. The van der Waals surface area contributed by atoms with Gasteiger partial charge in [0.25, 0.3) is 0 Å². The van der Waals surface area contributed by atoms with E-state index in [2.05, 4.69) is 13.8 Å². The lowest BCUT2D eigenvalue weighted by Crippen LogP contribution is -2.23. The topological polar surface area (TPSA) is 52.6 Å². The van der Waals surface area contributed by atoms with Crippen LogP contribution in [0.3, 0.4) is 0 Å². The van der Waals surface area contributed by atoms with E-state index in [1.807, 2.05) is 13.8 Å². The highest BCUT2D eigenvalue weighted by molar-refractivity contribution is 5.72. The van der Waals surface area contributed by atoms with Crippen LogP contribution in [0.5, 0.6) is 0 Å². The molecule has 0 aliphatic heterocycles. The maximum absolute atomic E-state index is 12.1. The summed E-state index contributed by atoms with van der Waals surface area (Å²) in [6.45, 7) is 9.40. The van der Waals surface area contributed by atoms with E-state index in [4.69, 9.17) is 9.47 Å². The average Bonchev–Trinajstić information content (AvgIpc) is 2.70. The van der Waals surface area contributed by atoms with Gasteiger partial charge in [-0.25, -0.2) is 0 Å². The zero-order valence-electron chi connectivity index (χ0n) is 19.8. The smallest absolute Gasteiger partial charge is 0.309 e. The Hall–Kier alpha value is -1.06. The van der Waals surface area contributed by atoms with E-state index in [1.165, 1.54) is 51.4 Å². The number of hydrogen-bond donors (Lipinski definition) is 0. The lowest BCUT2D eigenvalue weighted by Gasteiger charge is -2.19. The van der Waals surface area contributed by atoms with Gasteiger partial charge in [-0.3, -0.25) is 9.59 Å². The van der Waals surface area contributed by atoms with E-state index in [9.17, 15) is 9.59 Å². The Bertz CT molecular complexity index is 392. The Morgan fingerprint density at radius 1 is 0.655 bits per heavy atom. The molecule has 0 saturated carbocycles. The molecule has 4 nitrogen and oxygen atoms in total. The molecule has 0 N–H and O–H groups in total. The Morgan fingerprint density at radius 2 is 1.10 bits per heavy atom. The Labute approximate surface area is 180 Å². The van der Waals surface area contributed by atoms with Crippen LogP contribution in [0.15, 0.2) is 0 Å². The van der Waals surface area contributed by atoms with Gasteiger partial charge >= 0.3 is 11.9 Å². The van der Waals surface area contributed by atoms with Gasteiger partial charge in [-0.1, -0.05) is 91.9 Å². The molecule has 172 valence electrons. The van der Waals surface area contributed by atoms with Crippen LogP contribution in [0.4, 0.5) is 0 Å². The van der Waals surface area contributed by atoms with E-state index in [0.717, 1.165) is 38.5 Å². The molecule has 1 unspecified atom stereocenters. The summed E-state index contributed by atoms with van der Waals surface area (Å²) in [7, 11) is 0. The number of unbranched alkanes of at least 4 members (excludes halogenated alkanes) is 10. The first-order chi connectivity index (χ1) is 14.0. The van der Waals surface area contributed by atoms with Crippen LogP contribution in [-0.4, -0.2) is 25.2 Å². The summed E-state index contributed by atoms with van der Waals surface area (Å²) in [5, 5.41) is 0. The number of ether oxygens (including phenoxy) is 2. The lowest BCUT2D eigenvalue weighted by atomic mass is 9.90. The summed E-state index contributed by atoms with van der Waals surface area (Å²) in [4.78, 5) is 23.5. The van der Waals surface area contributed by atoms with Crippen molar-refractivity contribution in [2.75, 3.05) is 13.2 Å². The molecule has 1 atom stereocenters. The van der Waals surface area contributed by atoms with Gasteiger partial charge < -0.3 is 9.47 Å². The molecule has 0 heterocycles. The lowest BCUT2D eigenvalue weighted by molar-refractivity contribution is -0.150. The Balaban J connectivity index is 3.46. The monoisotopic (exact) mass is 412 g/mol. The van der Waals surface area contributed by atoms with Crippen LogP contribution in [0.1, 0.15) is 124 Å². The summed E-state index contributed by atoms with van der Waals surface area (Å²) in [5.74, 6) is 0.389. The molecule has 29 heavy (non-hydrogen) atoms. The van der Waals surface area contributed by atoms with Crippen LogP contribution in [-0.2, 0) is 19.1 Å². The Kier molecular flexibility index (Phi) is 19.5.